The number of rotatable bonds is 9. The molecule has 0 radical (unpaired) electrons. The van der Waals surface area contributed by atoms with E-state index in [-0.39, 0.29) is 29.8 Å². The molecule has 282 valence electrons. The minimum absolute atomic E-state index is 0.0299. The molecule has 0 aromatic heterocycles. The van der Waals surface area contributed by atoms with Crippen LogP contribution in [0.4, 0.5) is 71.5 Å². The Morgan fingerprint density at radius 3 is 1.06 bits per heavy atom. The van der Waals surface area contributed by atoms with Crippen LogP contribution in [0.5, 0.6) is 0 Å². The number of hydrogen-bond acceptors (Lipinski definition) is 0. The molecular formula is C33H23BCl2F15N. The Labute approximate surface area is 296 Å². The van der Waals surface area contributed by atoms with Crippen LogP contribution < -0.4 is 20.9 Å². The molecule has 52 heavy (non-hydrogen) atoms. The standard InChI is InChI=1S/C32H21BF15N.CH2Cl2/c1-4-5-9-14(49(2,3)13-10-7-6-8-11-13)12-33(15-18(34)24(40)30(46)25(41)19(15)35,16-20(36)26(42)31(47)27(43)21(16)37)17-22(38)28(44)32(48)29(45)23(17)39;2-1-3/h6-8,10-12H,4-5,9H2,1-3H3;1H2/b14-12+;. The molecule has 0 heterocycles. The van der Waals surface area contributed by atoms with Crippen LogP contribution in [-0.2, 0) is 0 Å². The van der Waals surface area contributed by atoms with Crippen molar-refractivity contribution in [3.05, 3.63) is 129 Å². The normalized spacial score (nSPS) is 12.3. The van der Waals surface area contributed by atoms with Gasteiger partial charge in [0.05, 0.1) is 25.1 Å². The van der Waals surface area contributed by atoms with Crippen LogP contribution in [0.2, 0.25) is 0 Å². The van der Waals surface area contributed by atoms with Crippen LogP contribution in [-0.4, -0.2) is 25.6 Å². The molecule has 4 aromatic rings. The molecule has 1 nitrogen and oxygen atoms in total. The summed E-state index contributed by atoms with van der Waals surface area (Å²) in [6.07, 6.45) is -6.11. The summed E-state index contributed by atoms with van der Waals surface area (Å²) in [5, 5.41) is 0.194. The lowest BCUT2D eigenvalue weighted by atomic mass is 9.15. The van der Waals surface area contributed by atoms with E-state index < -0.39 is 126 Å². The van der Waals surface area contributed by atoms with E-state index in [1.165, 1.54) is 44.4 Å². The van der Waals surface area contributed by atoms with E-state index in [0.717, 1.165) is 0 Å². The third-order valence-corrected chi connectivity index (χ3v) is 8.45. The van der Waals surface area contributed by atoms with Gasteiger partial charge in [0.15, 0.2) is 52.4 Å². The van der Waals surface area contributed by atoms with Crippen molar-refractivity contribution >= 4 is 51.4 Å². The Morgan fingerprint density at radius 2 is 0.788 bits per heavy atom. The zero-order chi connectivity index (χ0) is 39.6. The van der Waals surface area contributed by atoms with Crippen molar-refractivity contribution in [3.63, 3.8) is 0 Å². The molecule has 0 saturated carbocycles. The summed E-state index contributed by atoms with van der Waals surface area (Å²) in [5.74, 6) is -45.3. The van der Waals surface area contributed by atoms with Gasteiger partial charge in [-0.15, -0.1) is 39.6 Å². The Morgan fingerprint density at radius 1 is 0.519 bits per heavy atom. The Balaban J connectivity index is 0.00000235. The highest BCUT2D eigenvalue weighted by Crippen LogP contribution is 2.33. The maximum Gasteiger partial charge on any atom is 0.200 e. The molecule has 0 amide bonds. The van der Waals surface area contributed by atoms with Gasteiger partial charge in [0, 0.05) is 6.42 Å². The number of unbranched alkanes of at least 4 members (excludes halogenated alkanes) is 1. The Kier molecular flexibility index (Phi) is 13.5. The van der Waals surface area contributed by atoms with E-state index in [1.807, 2.05) is 0 Å². The molecule has 0 N–H and O–H groups in total. The zero-order valence-electron chi connectivity index (χ0n) is 26.7. The van der Waals surface area contributed by atoms with Gasteiger partial charge in [0.1, 0.15) is 46.7 Å². The molecule has 4 aromatic carbocycles. The molecule has 0 spiro atoms. The molecule has 19 heteroatoms. The van der Waals surface area contributed by atoms with Crippen molar-refractivity contribution in [2.75, 3.05) is 19.4 Å². The van der Waals surface area contributed by atoms with Crippen LogP contribution in [0.1, 0.15) is 26.2 Å². The number of halogens is 17. The van der Waals surface area contributed by atoms with Gasteiger partial charge >= 0.3 is 0 Å². The first-order valence-corrected chi connectivity index (χ1v) is 15.7. The number of nitrogens with zero attached hydrogens (tertiary/aromatic N) is 1. The maximum absolute atomic E-state index is 15.9. The van der Waals surface area contributed by atoms with Crippen LogP contribution >= 0.6 is 23.2 Å². The molecule has 4 rings (SSSR count). The highest BCUT2D eigenvalue weighted by molar-refractivity contribution is 7.15. The summed E-state index contributed by atoms with van der Waals surface area (Å²) in [5.41, 5.74) is -8.37. The number of para-hydroxylation sites is 1. The fraction of sp³-hybridized carbons (Fsp3) is 0.212. The summed E-state index contributed by atoms with van der Waals surface area (Å²) in [4.78, 5) is 0. The molecule has 0 bridgehead atoms. The van der Waals surface area contributed by atoms with Gasteiger partial charge in [-0.1, -0.05) is 31.5 Å². The average Bonchev–Trinajstić information content (AvgIpc) is 3.12. The minimum atomic E-state index is -5.82. The van der Waals surface area contributed by atoms with Crippen LogP contribution in [0.3, 0.4) is 0 Å². The van der Waals surface area contributed by atoms with E-state index in [0.29, 0.717) is 0 Å². The number of alkyl halides is 2. The average molecular weight is 800 g/mol. The van der Waals surface area contributed by atoms with Crippen LogP contribution in [0.15, 0.2) is 42.0 Å². The second kappa shape index (κ2) is 16.5. The molecule has 0 fully saturated rings. The molecular weight excluding hydrogens is 777 g/mol. The topological polar surface area (TPSA) is 0 Å². The highest BCUT2D eigenvalue weighted by atomic mass is 35.5. The van der Waals surface area contributed by atoms with Gasteiger partial charge in [0.2, 0.25) is 0 Å². The minimum Gasteiger partial charge on any atom is -0.270 e. The lowest BCUT2D eigenvalue weighted by Gasteiger charge is -2.43. The first-order chi connectivity index (χ1) is 24.2. The zero-order valence-corrected chi connectivity index (χ0v) is 28.3. The van der Waals surface area contributed by atoms with Gasteiger partial charge in [-0.3, -0.25) is 4.48 Å². The number of allylic oxidation sites excluding steroid dienone is 1. The quantitative estimate of drug-likeness (QED) is 0.0396. The predicted molar refractivity (Wildman–Crippen MR) is 168 cm³/mol. The Hall–Kier alpha value is -3.83. The van der Waals surface area contributed by atoms with E-state index in [9.17, 15) is 39.5 Å². The summed E-state index contributed by atoms with van der Waals surface area (Å²) < 4.78 is 227. The summed E-state index contributed by atoms with van der Waals surface area (Å²) in [6.45, 7) is 1.55. The summed E-state index contributed by atoms with van der Waals surface area (Å²) in [6, 6.07) is 7.06. The van der Waals surface area contributed by atoms with Crippen molar-refractivity contribution in [2.24, 2.45) is 0 Å². The summed E-state index contributed by atoms with van der Waals surface area (Å²) >= 11 is 9.53. The molecule has 0 aliphatic heterocycles. The fourth-order valence-corrected chi connectivity index (χ4v) is 5.91. The van der Waals surface area contributed by atoms with Crippen molar-refractivity contribution in [3.8, 4) is 0 Å². The van der Waals surface area contributed by atoms with Gasteiger partial charge in [-0.2, -0.15) is 5.98 Å². The SMILES string of the molecule is CCCC/C(=C\[B-](c1c(F)c(F)c(F)c(F)c1F)(c1c(F)c(F)c(F)c(F)c1F)c1c(F)c(F)c(F)c(F)c1F)[N+](C)(C)c1ccccc1.ClCCl. The molecule has 0 saturated heterocycles. The monoisotopic (exact) mass is 799 g/mol. The highest BCUT2D eigenvalue weighted by Gasteiger charge is 2.48. The van der Waals surface area contributed by atoms with Crippen LogP contribution in [0.25, 0.3) is 0 Å². The number of benzene rings is 4. The fourth-order valence-electron chi connectivity index (χ4n) is 5.91. The molecule has 0 unspecified atom stereocenters. The van der Waals surface area contributed by atoms with Crippen LogP contribution in [0, 0.1) is 87.3 Å². The number of quaternary nitrogens is 1. The third kappa shape index (κ3) is 7.10. The van der Waals surface area contributed by atoms with Crippen molar-refractivity contribution < 1.29 is 65.9 Å². The lowest BCUT2D eigenvalue weighted by molar-refractivity contribution is 0.379. The second-order valence-corrected chi connectivity index (χ2v) is 12.3. The van der Waals surface area contributed by atoms with Crippen molar-refractivity contribution in [2.45, 2.75) is 26.2 Å². The molecule has 0 aliphatic carbocycles. The van der Waals surface area contributed by atoms with Gasteiger partial charge in [-0.25, -0.2) is 65.9 Å². The Bertz CT molecular complexity index is 1770. The number of hydrogen-bond donors (Lipinski definition) is 0. The summed E-state index contributed by atoms with van der Waals surface area (Å²) in [7, 11) is 2.46. The predicted octanol–water partition coefficient (Wildman–Crippen LogP) is 9.55. The second-order valence-electron chi connectivity index (χ2n) is 11.5. The van der Waals surface area contributed by atoms with Crippen molar-refractivity contribution in [1.82, 2.24) is 4.48 Å². The molecule has 0 aliphatic rings. The van der Waals surface area contributed by atoms with Gasteiger partial charge in [-0.05, 0) is 18.6 Å². The van der Waals surface area contributed by atoms with E-state index >= 15 is 26.3 Å². The third-order valence-electron chi connectivity index (χ3n) is 8.45. The molecule has 0 atom stereocenters. The largest absolute Gasteiger partial charge is 0.270 e. The van der Waals surface area contributed by atoms with Gasteiger partial charge in [0.25, 0.3) is 0 Å². The van der Waals surface area contributed by atoms with Crippen molar-refractivity contribution in [1.29, 1.82) is 0 Å². The van der Waals surface area contributed by atoms with E-state index in [1.54, 1.807) is 6.92 Å². The first-order valence-electron chi connectivity index (χ1n) is 14.7. The van der Waals surface area contributed by atoms with Gasteiger partial charge < -0.3 is 0 Å². The van der Waals surface area contributed by atoms with E-state index in [2.05, 4.69) is 0 Å². The van der Waals surface area contributed by atoms with E-state index in [4.69, 9.17) is 23.2 Å². The lowest BCUT2D eigenvalue weighted by Crippen LogP contribution is -2.73. The first kappa shape index (κ1) is 42.6. The smallest absolute Gasteiger partial charge is 0.200 e. The maximum atomic E-state index is 15.9.